The third kappa shape index (κ3) is 6.46. The molecule has 0 saturated carbocycles. The summed E-state index contributed by atoms with van der Waals surface area (Å²) in [7, 11) is 3.56. The molecule has 30 heavy (non-hydrogen) atoms. The lowest BCUT2D eigenvalue weighted by Gasteiger charge is -2.17. The number of halogens is 1. The summed E-state index contributed by atoms with van der Waals surface area (Å²) in [6, 6.07) is 5.71. The van der Waals surface area contributed by atoms with Gasteiger partial charge in [0.05, 0.1) is 19.8 Å². The van der Waals surface area contributed by atoms with Gasteiger partial charge in [-0.1, -0.05) is 0 Å². The molecule has 0 bridgehead atoms. The number of nitrogens with zero attached hydrogens (tertiary/aromatic N) is 4. The molecule has 10 heteroatoms. The minimum atomic E-state index is 0. The number of anilines is 1. The second-order valence-corrected chi connectivity index (χ2v) is 6.83. The molecular formula is C20H31IN6O3. The quantitative estimate of drug-likeness (QED) is 0.308. The molecule has 1 atom stereocenters. The highest BCUT2D eigenvalue weighted by Gasteiger charge is 2.16. The van der Waals surface area contributed by atoms with E-state index < -0.39 is 0 Å². The summed E-state index contributed by atoms with van der Waals surface area (Å²) in [5.41, 5.74) is 0.845. The molecule has 0 radical (unpaired) electrons. The Balaban J connectivity index is 0.00000320. The van der Waals surface area contributed by atoms with Crippen LogP contribution in [-0.4, -0.2) is 53.7 Å². The Hall–Kier alpha value is -2.08. The van der Waals surface area contributed by atoms with Gasteiger partial charge in [-0.2, -0.15) is 0 Å². The van der Waals surface area contributed by atoms with Crippen LogP contribution in [-0.2, 0) is 18.3 Å². The van der Waals surface area contributed by atoms with Crippen molar-refractivity contribution >= 4 is 35.6 Å². The van der Waals surface area contributed by atoms with Gasteiger partial charge in [0.25, 0.3) is 0 Å². The Morgan fingerprint density at radius 2 is 2.17 bits per heavy atom. The molecule has 1 aromatic carbocycles. The summed E-state index contributed by atoms with van der Waals surface area (Å²) in [5, 5.41) is 15.0. The SMILES string of the molecule is CCOc1ccc(NC(=NCc2nnc(C)n2C)NCC2CCCO2)cc1OC.I. The van der Waals surface area contributed by atoms with Crippen LogP contribution in [0.2, 0.25) is 0 Å². The van der Waals surface area contributed by atoms with Gasteiger partial charge in [-0.25, -0.2) is 4.99 Å². The molecule has 1 aliphatic rings. The molecule has 1 saturated heterocycles. The van der Waals surface area contributed by atoms with Crippen LogP contribution in [0.4, 0.5) is 5.69 Å². The van der Waals surface area contributed by atoms with Crippen molar-refractivity contribution in [2.75, 3.05) is 32.2 Å². The number of aryl methyl sites for hydroxylation is 1. The molecule has 0 spiro atoms. The van der Waals surface area contributed by atoms with Crippen molar-refractivity contribution in [3.63, 3.8) is 0 Å². The number of aromatic nitrogens is 3. The third-order valence-electron chi connectivity index (χ3n) is 4.81. The largest absolute Gasteiger partial charge is 0.493 e. The van der Waals surface area contributed by atoms with Crippen molar-refractivity contribution in [2.24, 2.45) is 12.0 Å². The molecule has 1 aliphatic heterocycles. The van der Waals surface area contributed by atoms with Crippen LogP contribution in [0, 0.1) is 6.92 Å². The Kier molecular flexibility index (Phi) is 9.63. The van der Waals surface area contributed by atoms with E-state index in [1.165, 1.54) is 0 Å². The normalized spacial score (nSPS) is 16.1. The van der Waals surface area contributed by atoms with Gasteiger partial charge in [-0.15, -0.1) is 34.2 Å². The fourth-order valence-corrected chi connectivity index (χ4v) is 3.05. The van der Waals surface area contributed by atoms with Crippen molar-refractivity contribution in [1.82, 2.24) is 20.1 Å². The van der Waals surface area contributed by atoms with E-state index in [-0.39, 0.29) is 30.1 Å². The van der Waals surface area contributed by atoms with Crippen molar-refractivity contribution in [3.05, 3.63) is 29.8 Å². The molecule has 2 N–H and O–H groups in total. The van der Waals surface area contributed by atoms with Crippen LogP contribution < -0.4 is 20.1 Å². The minimum absolute atomic E-state index is 0. The van der Waals surface area contributed by atoms with Gasteiger partial charge in [0.15, 0.2) is 23.3 Å². The fraction of sp³-hybridized carbons (Fsp3) is 0.550. The predicted molar refractivity (Wildman–Crippen MR) is 127 cm³/mol. The number of methoxy groups -OCH3 is 1. The van der Waals surface area contributed by atoms with E-state index in [1.54, 1.807) is 7.11 Å². The third-order valence-corrected chi connectivity index (χ3v) is 4.81. The van der Waals surface area contributed by atoms with Crippen molar-refractivity contribution in [3.8, 4) is 11.5 Å². The Morgan fingerprint density at radius 3 is 2.80 bits per heavy atom. The second-order valence-electron chi connectivity index (χ2n) is 6.83. The molecular weight excluding hydrogens is 499 g/mol. The summed E-state index contributed by atoms with van der Waals surface area (Å²) < 4.78 is 18.7. The average Bonchev–Trinajstić information content (AvgIpc) is 3.36. The Morgan fingerprint density at radius 1 is 1.33 bits per heavy atom. The predicted octanol–water partition coefficient (Wildman–Crippen LogP) is 2.89. The topological polar surface area (TPSA) is 94.8 Å². The molecule has 3 rings (SSSR count). The Labute approximate surface area is 194 Å². The molecule has 1 unspecified atom stereocenters. The number of ether oxygens (including phenoxy) is 3. The fourth-order valence-electron chi connectivity index (χ4n) is 3.05. The van der Waals surface area contributed by atoms with Gasteiger partial charge >= 0.3 is 0 Å². The molecule has 2 aromatic rings. The van der Waals surface area contributed by atoms with E-state index in [2.05, 4.69) is 25.8 Å². The maximum absolute atomic E-state index is 5.71. The van der Waals surface area contributed by atoms with Crippen molar-refractivity contribution in [1.29, 1.82) is 0 Å². The molecule has 166 valence electrons. The lowest BCUT2D eigenvalue weighted by molar-refractivity contribution is 0.114. The smallest absolute Gasteiger partial charge is 0.196 e. The maximum Gasteiger partial charge on any atom is 0.196 e. The summed E-state index contributed by atoms with van der Waals surface area (Å²) in [6.07, 6.45) is 2.36. The van der Waals surface area contributed by atoms with E-state index in [0.29, 0.717) is 37.2 Å². The van der Waals surface area contributed by atoms with Crippen LogP contribution in [0.15, 0.2) is 23.2 Å². The summed E-state index contributed by atoms with van der Waals surface area (Å²) >= 11 is 0. The van der Waals surface area contributed by atoms with Crippen LogP contribution in [0.1, 0.15) is 31.4 Å². The molecule has 0 aliphatic carbocycles. The first kappa shape index (κ1) is 24.2. The lowest BCUT2D eigenvalue weighted by atomic mass is 10.2. The molecule has 1 fully saturated rings. The van der Waals surface area contributed by atoms with Gasteiger partial charge < -0.3 is 29.4 Å². The standard InChI is InChI=1S/C20H30N6O3.HI/c1-5-28-17-9-8-15(11-18(17)27-4)23-20(21-12-16-7-6-10-29-16)22-13-19-25-24-14(2)26(19)3;/h8-9,11,16H,5-7,10,12-13H2,1-4H3,(H2,21,22,23);1H. The highest BCUT2D eigenvalue weighted by atomic mass is 127. The monoisotopic (exact) mass is 530 g/mol. The van der Waals surface area contributed by atoms with Gasteiger partial charge in [0, 0.05) is 32.0 Å². The zero-order chi connectivity index (χ0) is 20.6. The number of hydrogen-bond donors (Lipinski definition) is 2. The molecule has 1 aromatic heterocycles. The first-order chi connectivity index (χ1) is 14.1. The van der Waals surface area contributed by atoms with Gasteiger partial charge in [0.1, 0.15) is 12.4 Å². The Bertz CT molecular complexity index is 836. The number of rotatable bonds is 8. The van der Waals surface area contributed by atoms with Crippen LogP contribution in [0.25, 0.3) is 0 Å². The van der Waals surface area contributed by atoms with Crippen molar-refractivity contribution < 1.29 is 14.2 Å². The van der Waals surface area contributed by atoms with E-state index in [1.807, 2.05) is 43.7 Å². The summed E-state index contributed by atoms with van der Waals surface area (Å²) in [6.45, 7) is 6.36. The van der Waals surface area contributed by atoms with Crippen LogP contribution in [0.3, 0.4) is 0 Å². The van der Waals surface area contributed by atoms with E-state index >= 15 is 0 Å². The highest BCUT2D eigenvalue weighted by molar-refractivity contribution is 14.0. The van der Waals surface area contributed by atoms with Crippen molar-refractivity contribution in [2.45, 2.75) is 39.3 Å². The van der Waals surface area contributed by atoms with Crippen LogP contribution >= 0.6 is 24.0 Å². The number of hydrogen-bond acceptors (Lipinski definition) is 6. The first-order valence-corrected chi connectivity index (χ1v) is 9.93. The number of aliphatic imine (C=N–C) groups is 1. The minimum Gasteiger partial charge on any atom is -0.493 e. The summed E-state index contributed by atoms with van der Waals surface area (Å²) in [4.78, 5) is 4.68. The van der Waals surface area contributed by atoms with E-state index in [0.717, 1.165) is 36.8 Å². The molecule has 0 amide bonds. The summed E-state index contributed by atoms with van der Waals surface area (Å²) in [5.74, 6) is 3.67. The number of nitrogens with one attached hydrogen (secondary N) is 2. The zero-order valence-electron chi connectivity index (χ0n) is 18.0. The maximum atomic E-state index is 5.71. The van der Waals surface area contributed by atoms with E-state index in [4.69, 9.17) is 14.2 Å². The van der Waals surface area contributed by atoms with Gasteiger partial charge in [-0.3, -0.25) is 0 Å². The van der Waals surface area contributed by atoms with E-state index in [9.17, 15) is 0 Å². The second kappa shape index (κ2) is 11.9. The first-order valence-electron chi connectivity index (χ1n) is 9.93. The van der Waals surface area contributed by atoms with Crippen LogP contribution in [0.5, 0.6) is 11.5 Å². The lowest BCUT2D eigenvalue weighted by Crippen LogP contribution is -2.36. The zero-order valence-corrected chi connectivity index (χ0v) is 20.3. The average molecular weight is 530 g/mol. The number of guanidine groups is 1. The number of benzene rings is 1. The highest BCUT2D eigenvalue weighted by Crippen LogP contribution is 2.30. The van der Waals surface area contributed by atoms with Gasteiger partial charge in [-0.05, 0) is 38.8 Å². The molecule has 9 nitrogen and oxygen atoms in total. The van der Waals surface area contributed by atoms with Gasteiger partial charge in [0.2, 0.25) is 0 Å². The molecule has 2 heterocycles.